The van der Waals surface area contributed by atoms with Crippen LogP contribution in [-0.2, 0) is 0 Å². The zero-order valence-corrected chi connectivity index (χ0v) is 17.2. The Morgan fingerprint density at radius 1 is 1.06 bits per heavy atom. The Morgan fingerprint density at radius 3 is 2.52 bits per heavy atom. The average molecular weight is 433 g/mol. The van der Waals surface area contributed by atoms with E-state index in [-0.39, 0.29) is 17.1 Å². The molecule has 154 valence electrons. The van der Waals surface area contributed by atoms with E-state index in [9.17, 15) is 19.3 Å². The summed E-state index contributed by atoms with van der Waals surface area (Å²) in [5.41, 5.74) is 2.70. The number of hydrogen-bond acceptors (Lipinski definition) is 5. The number of rotatable bonds is 5. The van der Waals surface area contributed by atoms with E-state index in [0.717, 1.165) is 0 Å². The fraction of sp³-hybridized carbons (Fsp3) is 0.0435. The van der Waals surface area contributed by atoms with Gasteiger partial charge in [-0.1, -0.05) is 36.4 Å². The van der Waals surface area contributed by atoms with Crippen molar-refractivity contribution in [3.63, 3.8) is 0 Å². The molecule has 0 saturated carbocycles. The number of nitro benzene ring substituents is 1. The second-order valence-corrected chi connectivity index (χ2v) is 7.63. The SMILES string of the molecule is Cc1ccc(C(=O)Nc2ccccc2-c2csc(-c3ccccc3F)n2)cc1[N+](=O)[O-]. The van der Waals surface area contributed by atoms with Crippen molar-refractivity contribution in [3.8, 4) is 21.8 Å². The van der Waals surface area contributed by atoms with Crippen molar-refractivity contribution >= 4 is 28.6 Å². The highest BCUT2D eigenvalue weighted by molar-refractivity contribution is 7.13. The summed E-state index contributed by atoms with van der Waals surface area (Å²) in [4.78, 5) is 28.0. The lowest BCUT2D eigenvalue weighted by Crippen LogP contribution is -2.13. The maximum Gasteiger partial charge on any atom is 0.273 e. The standard InChI is InChI=1S/C23H16FN3O3S/c1-14-10-11-15(12-21(14)27(29)30)22(28)25-19-9-5-3-7-17(19)20-13-31-23(26-20)16-6-2-4-8-18(16)24/h2-13H,1H3,(H,25,28). The molecule has 1 N–H and O–H groups in total. The fourth-order valence-corrected chi connectivity index (χ4v) is 3.96. The fourth-order valence-electron chi connectivity index (χ4n) is 3.11. The van der Waals surface area contributed by atoms with Gasteiger partial charge in [0, 0.05) is 33.7 Å². The number of nitro groups is 1. The third kappa shape index (κ3) is 4.19. The first-order valence-corrected chi connectivity index (χ1v) is 10.2. The predicted octanol–water partition coefficient (Wildman–Crippen LogP) is 6.09. The highest BCUT2D eigenvalue weighted by Gasteiger charge is 2.17. The quantitative estimate of drug-likeness (QED) is 0.305. The van der Waals surface area contributed by atoms with Crippen LogP contribution in [0, 0.1) is 22.9 Å². The number of nitrogens with one attached hydrogen (secondary N) is 1. The van der Waals surface area contributed by atoms with E-state index in [1.54, 1.807) is 60.8 Å². The Kier molecular flexibility index (Phi) is 5.55. The van der Waals surface area contributed by atoms with Gasteiger partial charge in [0.1, 0.15) is 10.8 Å². The number of hydrogen-bond donors (Lipinski definition) is 1. The summed E-state index contributed by atoms with van der Waals surface area (Å²) in [6.07, 6.45) is 0. The minimum atomic E-state index is -0.514. The number of aryl methyl sites for hydroxylation is 1. The number of carbonyl (C=O) groups is 1. The predicted molar refractivity (Wildman–Crippen MR) is 119 cm³/mol. The molecule has 1 amide bonds. The van der Waals surface area contributed by atoms with Crippen LogP contribution in [0.2, 0.25) is 0 Å². The van der Waals surface area contributed by atoms with E-state index in [0.29, 0.717) is 33.1 Å². The number of benzene rings is 3. The third-order valence-electron chi connectivity index (χ3n) is 4.73. The van der Waals surface area contributed by atoms with Gasteiger partial charge in [-0.2, -0.15) is 0 Å². The Bertz CT molecular complexity index is 1300. The van der Waals surface area contributed by atoms with E-state index in [2.05, 4.69) is 10.3 Å². The lowest BCUT2D eigenvalue weighted by molar-refractivity contribution is -0.385. The zero-order chi connectivity index (χ0) is 22.0. The molecule has 31 heavy (non-hydrogen) atoms. The van der Waals surface area contributed by atoms with Gasteiger partial charge in [0.2, 0.25) is 0 Å². The Morgan fingerprint density at radius 2 is 1.77 bits per heavy atom. The van der Waals surface area contributed by atoms with Crippen LogP contribution in [0.4, 0.5) is 15.8 Å². The van der Waals surface area contributed by atoms with Crippen molar-refractivity contribution in [3.05, 3.63) is 99.2 Å². The van der Waals surface area contributed by atoms with Crippen molar-refractivity contribution in [1.29, 1.82) is 0 Å². The van der Waals surface area contributed by atoms with Crippen LogP contribution in [0.15, 0.2) is 72.1 Å². The minimum Gasteiger partial charge on any atom is -0.321 e. The molecular weight excluding hydrogens is 417 g/mol. The van der Waals surface area contributed by atoms with Crippen molar-refractivity contribution in [2.45, 2.75) is 6.92 Å². The van der Waals surface area contributed by atoms with Crippen molar-refractivity contribution in [2.24, 2.45) is 0 Å². The van der Waals surface area contributed by atoms with Gasteiger partial charge in [0.15, 0.2) is 0 Å². The van der Waals surface area contributed by atoms with E-state index >= 15 is 0 Å². The molecule has 0 spiro atoms. The van der Waals surface area contributed by atoms with Gasteiger partial charge in [0.05, 0.1) is 16.3 Å². The zero-order valence-electron chi connectivity index (χ0n) is 16.3. The maximum atomic E-state index is 14.1. The van der Waals surface area contributed by atoms with Gasteiger partial charge in [0.25, 0.3) is 11.6 Å². The van der Waals surface area contributed by atoms with Gasteiger partial charge >= 0.3 is 0 Å². The van der Waals surface area contributed by atoms with Gasteiger partial charge in [-0.3, -0.25) is 14.9 Å². The number of nitrogens with zero attached hydrogens (tertiary/aromatic N) is 2. The first-order valence-electron chi connectivity index (χ1n) is 9.30. The number of para-hydroxylation sites is 1. The van der Waals surface area contributed by atoms with Crippen LogP contribution in [0.1, 0.15) is 15.9 Å². The second-order valence-electron chi connectivity index (χ2n) is 6.78. The van der Waals surface area contributed by atoms with Gasteiger partial charge < -0.3 is 5.32 Å². The summed E-state index contributed by atoms with van der Waals surface area (Å²) in [5.74, 6) is -0.828. The summed E-state index contributed by atoms with van der Waals surface area (Å²) in [6, 6.07) is 17.8. The highest BCUT2D eigenvalue weighted by Crippen LogP contribution is 2.34. The molecule has 4 rings (SSSR count). The second kappa shape index (κ2) is 8.45. The summed E-state index contributed by atoms with van der Waals surface area (Å²) in [7, 11) is 0. The molecule has 1 heterocycles. The lowest BCUT2D eigenvalue weighted by Gasteiger charge is -2.10. The first kappa shape index (κ1) is 20.4. The number of thiazole rings is 1. The molecule has 0 atom stereocenters. The van der Waals surface area contributed by atoms with Crippen LogP contribution in [0.5, 0.6) is 0 Å². The number of aromatic nitrogens is 1. The number of amides is 1. The van der Waals surface area contributed by atoms with Crippen LogP contribution in [0.25, 0.3) is 21.8 Å². The lowest BCUT2D eigenvalue weighted by atomic mass is 10.1. The molecule has 0 unspecified atom stereocenters. The monoisotopic (exact) mass is 433 g/mol. The molecule has 0 aliphatic rings. The van der Waals surface area contributed by atoms with Gasteiger partial charge in [-0.25, -0.2) is 9.37 Å². The number of anilines is 1. The average Bonchev–Trinajstić information content (AvgIpc) is 3.24. The van der Waals surface area contributed by atoms with Crippen LogP contribution in [-0.4, -0.2) is 15.8 Å². The van der Waals surface area contributed by atoms with Crippen molar-refractivity contribution < 1.29 is 14.1 Å². The molecule has 1 aromatic heterocycles. The highest BCUT2D eigenvalue weighted by atomic mass is 32.1. The number of halogens is 1. The Hall–Kier alpha value is -3.91. The Balaban J connectivity index is 1.65. The van der Waals surface area contributed by atoms with Crippen LogP contribution < -0.4 is 5.32 Å². The molecule has 8 heteroatoms. The van der Waals surface area contributed by atoms with E-state index in [1.807, 2.05) is 6.07 Å². The number of carbonyl (C=O) groups excluding carboxylic acids is 1. The summed E-state index contributed by atoms with van der Waals surface area (Å²) in [5, 5.41) is 16.3. The molecular formula is C23H16FN3O3S. The van der Waals surface area contributed by atoms with E-state index in [4.69, 9.17) is 0 Å². The Labute approximate surface area is 181 Å². The smallest absolute Gasteiger partial charge is 0.273 e. The largest absolute Gasteiger partial charge is 0.321 e. The molecule has 0 bridgehead atoms. The first-order chi connectivity index (χ1) is 14.9. The van der Waals surface area contributed by atoms with E-state index in [1.165, 1.54) is 23.5 Å². The minimum absolute atomic E-state index is 0.116. The molecule has 0 aliphatic heterocycles. The van der Waals surface area contributed by atoms with Crippen molar-refractivity contribution in [2.75, 3.05) is 5.32 Å². The maximum absolute atomic E-state index is 14.1. The summed E-state index contributed by atoms with van der Waals surface area (Å²) < 4.78 is 14.1. The van der Waals surface area contributed by atoms with Crippen LogP contribution in [0.3, 0.4) is 0 Å². The normalized spacial score (nSPS) is 10.6. The van der Waals surface area contributed by atoms with Crippen LogP contribution >= 0.6 is 11.3 Å². The molecule has 6 nitrogen and oxygen atoms in total. The van der Waals surface area contributed by atoms with Gasteiger partial charge in [-0.15, -0.1) is 11.3 Å². The summed E-state index contributed by atoms with van der Waals surface area (Å²) in [6.45, 7) is 1.62. The molecule has 4 aromatic rings. The molecule has 0 saturated heterocycles. The topological polar surface area (TPSA) is 85.1 Å². The third-order valence-corrected chi connectivity index (χ3v) is 5.60. The van der Waals surface area contributed by atoms with Crippen molar-refractivity contribution in [1.82, 2.24) is 4.98 Å². The molecule has 0 radical (unpaired) electrons. The molecule has 3 aromatic carbocycles. The molecule has 0 fully saturated rings. The van der Waals surface area contributed by atoms with Gasteiger partial charge in [-0.05, 0) is 31.2 Å². The summed E-state index contributed by atoms with van der Waals surface area (Å²) >= 11 is 1.30. The molecule has 0 aliphatic carbocycles. The van der Waals surface area contributed by atoms with E-state index < -0.39 is 10.8 Å².